The first-order valence-electron chi connectivity index (χ1n) is 7.88. The van der Waals surface area contributed by atoms with E-state index in [9.17, 15) is 9.59 Å². The Morgan fingerprint density at radius 2 is 1.88 bits per heavy atom. The summed E-state index contributed by atoms with van der Waals surface area (Å²) in [5, 5.41) is 8.61. The van der Waals surface area contributed by atoms with Crippen molar-refractivity contribution in [2.24, 2.45) is 5.73 Å². The summed E-state index contributed by atoms with van der Waals surface area (Å²) in [5.41, 5.74) is 6.09. The molecular weight excluding hydrogens is 332 g/mol. The van der Waals surface area contributed by atoms with Crippen LogP contribution >= 0.6 is 0 Å². The van der Waals surface area contributed by atoms with Crippen molar-refractivity contribution in [2.45, 2.75) is 6.04 Å². The highest BCUT2D eigenvalue weighted by molar-refractivity contribution is 5.95. The van der Waals surface area contributed by atoms with Crippen LogP contribution in [0, 0.1) is 0 Å². The van der Waals surface area contributed by atoms with Gasteiger partial charge in [0.2, 0.25) is 11.7 Å². The van der Waals surface area contributed by atoms with Crippen LogP contribution in [0.2, 0.25) is 0 Å². The van der Waals surface area contributed by atoms with Crippen molar-refractivity contribution >= 4 is 28.4 Å². The molecule has 128 valence electrons. The van der Waals surface area contributed by atoms with Gasteiger partial charge in [-0.25, -0.2) is 9.50 Å². The first-order valence-corrected chi connectivity index (χ1v) is 7.88. The summed E-state index contributed by atoms with van der Waals surface area (Å²) < 4.78 is 1.38. The van der Waals surface area contributed by atoms with Gasteiger partial charge in [-0.1, -0.05) is 36.4 Å². The average molecular weight is 346 g/mol. The molecule has 4 rings (SSSR count). The number of carbonyl (C=O) groups is 2. The molecule has 2 aromatic heterocycles. The van der Waals surface area contributed by atoms with E-state index in [2.05, 4.69) is 20.4 Å². The summed E-state index contributed by atoms with van der Waals surface area (Å²) >= 11 is 0. The maximum Gasteiger partial charge on any atom is 0.291 e. The van der Waals surface area contributed by atoms with Crippen LogP contribution in [0.25, 0.3) is 16.6 Å². The predicted octanol–water partition coefficient (Wildman–Crippen LogP) is 1.23. The van der Waals surface area contributed by atoms with Crippen LogP contribution in [0.15, 0.2) is 60.9 Å². The molecule has 0 saturated heterocycles. The zero-order chi connectivity index (χ0) is 18.1. The van der Waals surface area contributed by atoms with Crippen LogP contribution in [0.4, 0.5) is 0 Å². The van der Waals surface area contributed by atoms with Crippen molar-refractivity contribution in [3.63, 3.8) is 0 Å². The molecule has 0 radical (unpaired) electrons. The van der Waals surface area contributed by atoms with E-state index in [1.54, 1.807) is 24.5 Å². The first-order chi connectivity index (χ1) is 12.6. The zero-order valence-electron chi connectivity index (χ0n) is 13.5. The summed E-state index contributed by atoms with van der Waals surface area (Å²) in [4.78, 5) is 32.5. The number of aromatic nitrogens is 4. The van der Waals surface area contributed by atoms with Gasteiger partial charge in [0.15, 0.2) is 0 Å². The second kappa shape index (κ2) is 6.25. The number of amides is 2. The van der Waals surface area contributed by atoms with E-state index >= 15 is 0 Å². The Kier molecular flexibility index (Phi) is 3.77. The summed E-state index contributed by atoms with van der Waals surface area (Å²) in [6.45, 7) is 0. The minimum atomic E-state index is -0.994. The van der Waals surface area contributed by atoms with Gasteiger partial charge in [0.25, 0.3) is 11.7 Å². The highest BCUT2D eigenvalue weighted by Crippen LogP contribution is 2.20. The van der Waals surface area contributed by atoms with Crippen LogP contribution in [-0.2, 0) is 4.79 Å². The molecule has 2 heterocycles. The smallest absolute Gasteiger partial charge is 0.291 e. The lowest BCUT2D eigenvalue weighted by molar-refractivity contribution is -0.120. The normalized spacial score (nSPS) is 12.2. The third kappa shape index (κ3) is 2.84. The van der Waals surface area contributed by atoms with E-state index in [-0.39, 0.29) is 5.82 Å². The standard InChI is InChI=1S/C18H14N6O2/c19-15(25)14(13-7-6-11-4-1-2-5-12(11)10-13)21-17(26)16-22-18-20-8-3-9-24(18)23-16/h1-10,14H,(H2,19,25)(H,21,26). The van der Waals surface area contributed by atoms with E-state index in [0.717, 1.165) is 10.8 Å². The number of fused-ring (bicyclic) bond motifs is 2. The zero-order valence-corrected chi connectivity index (χ0v) is 13.5. The van der Waals surface area contributed by atoms with E-state index in [4.69, 9.17) is 5.73 Å². The molecule has 8 nitrogen and oxygen atoms in total. The lowest BCUT2D eigenvalue weighted by Gasteiger charge is -2.15. The summed E-state index contributed by atoms with van der Waals surface area (Å²) in [7, 11) is 0. The third-order valence-corrected chi connectivity index (χ3v) is 3.99. The molecule has 3 N–H and O–H groups in total. The van der Waals surface area contributed by atoms with Crippen molar-refractivity contribution in [1.29, 1.82) is 0 Å². The molecule has 0 aliphatic heterocycles. The van der Waals surface area contributed by atoms with Gasteiger partial charge in [-0.3, -0.25) is 9.59 Å². The molecule has 0 spiro atoms. The Bertz CT molecular complexity index is 1100. The Balaban J connectivity index is 1.65. The molecule has 2 aromatic carbocycles. The molecule has 4 aromatic rings. The lowest BCUT2D eigenvalue weighted by Crippen LogP contribution is -2.38. The van der Waals surface area contributed by atoms with Gasteiger partial charge in [0.05, 0.1) is 0 Å². The van der Waals surface area contributed by atoms with Crippen LogP contribution in [0.5, 0.6) is 0 Å². The van der Waals surface area contributed by atoms with E-state index < -0.39 is 17.9 Å². The van der Waals surface area contributed by atoms with Gasteiger partial charge in [0, 0.05) is 12.4 Å². The van der Waals surface area contributed by atoms with Crippen LogP contribution in [0.1, 0.15) is 22.2 Å². The van der Waals surface area contributed by atoms with E-state index in [1.165, 1.54) is 4.52 Å². The fraction of sp³-hybridized carbons (Fsp3) is 0.0556. The highest BCUT2D eigenvalue weighted by Gasteiger charge is 2.23. The van der Waals surface area contributed by atoms with Gasteiger partial charge < -0.3 is 11.1 Å². The quantitative estimate of drug-likeness (QED) is 0.577. The highest BCUT2D eigenvalue weighted by atomic mass is 16.2. The van der Waals surface area contributed by atoms with Crippen molar-refractivity contribution in [3.8, 4) is 0 Å². The van der Waals surface area contributed by atoms with Crippen molar-refractivity contribution in [1.82, 2.24) is 24.9 Å². The molecular formula is C18H14N6O2. The number of rotatable bonds is 4. The Hall–Kier alpha value is -3.81. The largest absolute Gasteiger partial charge is 0.368 e. The van der Waals surface area contributed by atoms with Gasteiger partial charge in [-0.05, 0) is 28.5 Å². The molecule has 0 aliphatic carbocycles. The van der Waals surface area contributed by atoms with Crippen molar-refractivity contribution in [3.05, 3.63) is 72.3 Å². The molecule has 26 heavy (non-hydrogen) atoms. The Morgan fingerprint density at radius 3 is 2.65 bits per heavy atom. The second-order valence-corrected chi connectivity index (χ2v) is 5.72. The number of benzene rings is 2. The number of primary amides is 1. The monoisotopic (exact) mass is 346 g/mol. The van der Waals surface area contributed by atoms with Gasteiger partial charge in [0.1, 0.15) is 6.04 Å². The fourth-order valence-corrected chi connectivity index (χ4v) is 2.73. The number of nitrogens with zero attached hydrogens (tertiary/aromatic N) is 4. The van der Waals surface area contributed by atoms with Gasteiger partial charge in [-0.2, -0.15) is 4.98 Å². The number of nitrogens with one attached hydrogen (secondary N) is 1. The van der Waals surface area contributed by atoms with E-state index in [0.29, 0.717) is 11.3 Å². The number of hydrogen-bond donors (Lipinski definition) is 2. The van der Waals surface area contributed by atoms with Crippen LogP contribution in [0.3, 0.4) is 0 Å². The van der Waals surface area contributed by atoms with Gasteiger partial charge >= 0.3 is 0 Å². The maximum atomic E-state index is 12.5. The summed E-state index contributed by atoms with van der Waals surface area (Å²) in [5.74, 6) is -1.07. The minimum absolute atomic E-state index is 0.0873. The molecule has 8 heteroatoms. The second-order valence-electron chi connectivity index (χ2n) is 5.72. The molecule has 0 saturated carbocycles. The molecule has 2 amide bonds. The number of carbonyl (C=O) groups excluding carboxylic acids is 2. The number of nitrogens with two attached hydrogens (primary N) is 1. The van der Waals surface area contributed by atoms with Crippen LogP contribution in [-0.4, -0.2) is 31.4 Å². The molecule has 1 unspecified atom stereocenters. The topological polar surface area (TPSA) is 115 Å². The molecule has 0 bridgehead atoms. The molecule has 1 atom stereocenters. The summed E-state index contributed by atoms with van der Waals surface area (Å²) in [6.07, 6.45) is 3.17. The third-order valence-electron chi connectivity index (χ3n) is 3.99. The molecule has 0 fully saturated rings. The average Bonchev–Trinajstić information content (AvgIpc) is 3.09. The van der Waals surface area contributed by atoms with Crippen molar-refractivity contribution < 1.29 is 9.59 Å². The Labute approximate surface area is 147 Å². The lowest BCUT2D eigenvalue weighted by atomic mass is 10.0. The van der Waals surface area contributed by atoms with Crippen LogP contribution < -0.4 is 11.1 Å². The number of hydrogen-bond acceptors (Lipinski definition) is 5. The van der Waals surface area contributed by atoms with Crippen molar-refractivity contribution in [2.75, 3.05) is 0 Å². The maximum absolute atomic E-state index is 12.5. The van der Waals surface area contributed by atoms with Gasteiger partial charge in [-0.15, -0.1) is 5.10 Å². The predicted molar refractivity (Wildman–Crippen MR) is 94.1 cm³/mol. The van der Waals surface area contributed by atoms with E-state index in [1.807, 2.05) is 36.4 Å². The SMILES string of the molecule is NC(=O)C(NC(=O)c1nc2ncccn2n1)c1ccc2ccccc2c1. The first kappa shape index (κ1) is 15.7. The summed E-state index contributed by atoms with van der Waals surface area (Å²) in [6, 6.07) is 13.9. The fourth-order valence-electron chi connectivity index (χ4n) is 2.73. The molecule has 0 aliphatic rings. The Morgan fingerprint density at radius 1 is 1.08 bits per heavy atom. The minimum Gasteiger partial charge on any atom is -0.368 e.